The van der Waals surface area contributed by atoms with Gasteiger partial charge in [-0.3, -0.25) is 0 Å². The van der Waals surface area contributed by atoms with Gasteiger partial charge in [-0.25, -0.2) is 4.79 Å². The standard InChI is InChI=1S/C14H20N2O/c1-2-15-13(17)16-14(10-6-7-11-14)12-8-4-3-5-9-12/h3-5,8-9H,2,6-7,10-11H2,1H3,(H2,15,16,17). The molecule has 2 rings (SSSR count). The molecule has 1 fully saturated rings. The first-order valence-corrected chi connectivity index (χ1v) is 6.38. The van der Waals surface area contributed by atoms with Crippen molar-refractivity contribution in [1.82, 2.24) is 10.6 Å². The summed E-state index contributed by atoms with van der Waals surface area (Å²) in [5.74, 6) is 0. The molecule has 1 aliphatic rings. The van der Waals surface area contributed by atoms with Crippen molar-refractivity contribution < 1.29 is 4.79 Å². The zero-order valence-electron chi connectivity index (χ0n) is 10.3. The molecule has 0 aromatic heterocycles. The Balaban J connectivity index is 2.18. The number of urea groups is 1. The predicted molar refractivity (Wildman–Crippen MR) is 68.8 cm³/mol. The quantitative estimate of drug-likeness (QED) is 0.826. The van der Waals surface area contributed by atoms with E-state index in [1.54, 1.807) is 0 Å². The lowest BCUT2D eigenvalue weighted by atomic mass is 9.88. The van der Waals surface area contributed by atoms with E-state index in [-0.39, 0.29) is 11.6 Å². The molecular formula is C14H20N2O. The first kappa shape index (κ1) is 12.0. The normalized spacial score (nSPS) is 17.7. The van der Waals surface area contributed by atoms with Crippen molar-refractivity contribution in [3.05, 3.63) is 35.9 Å². The van der Waals surface area contributed by atoms with Gasteiger partial charge in [0, 0.05) is 6.54 Å². The van der Waals surface area contributed by atoms with Crippen molar-refractivity contribution in [3.63, 3.8) is 0 Å². The largest absolute Gasteiger partial charge is 0.338 e. The van der Waals surface area contributed by atoms with Crippen LogP contribution in [-0.4, -0.2) is 12.6 Å². The topological polar surface area (TPSA) is 41.1 Å². The van der Waals surface area contributed by atoms with Crippen LogP contribution in [0.4, 0.5) is 4.79 Å². The second-order valence-electron chi connectivity index (χ2n) is 4.64. The highest BCUT2D eigenvalue weighted by atomic mass is 16.2. The molecule has 0 saturated heterocycles. The van der Waals surface area contributed by atoms with Crippen LogP contribution in [0.15, 0.2) is 30.3 Å². The summed E-state index contributed by atoms with van der Waals surface area (Å²) in [4.78, 5) is 11.8. The molecular weight excluding hydrogens is 212 g/mol. The Morgan fingerprint density at radius 3 is 2.47 bits per heavy atom. The van der Waals surface area contributed by atoms with E-state index in [0.29, 0.717) is 6.54 Å². The van der Waals surface area contributed by atoms with E-state index in [9.17, 15) is 4.79 Å². The van der Waals surface area contributed by atoms with E-state index >= 15 is 0 Å². The minimum absolute atomic E-state index is 0.0572. The van der Waals surface area contributed by atoms with Gasteiger partial charge in [0.2, 0.25) is 0 Å². The van der Waals surface area contributed by atoms with Crippen LogP contribution in [0.3, 0.4) is 0 Å². The van der Waals surface area contributed by atoms with E-state index in [0.717, 1.165) is 12.8 Å². The van der Waals surface area contributed by atoms with E-state index in [4.69, 9.17) is 0 Å². The van der Waals surface area contributed by atoms with Gasteiger partial charge < -0.3 is 10.6 Å². The molecule has 0 atom stereocenters. The fraction of sp³-hybridized carbons (Fsp3) is 0.500. The third-order valence-corrected chi connectivity index (χ3v) is 3.47. The van der Waals surface area contributed by atoms with Crippen LogP contribution in [0, 0.1) is 0 Å². The number of hydrogen-bond acceptors (Lipinski definition) is 1. The number of hydrogen-bond donors (Lipinski definition) is 2. The Morgan fingerprint density at radius 2 is 1.88 bits per heavy atom. The minimum Gasteiger partial charge on any atom is -0.338 e. The highest BCUT2D eigenvalue weighted by Gasteiger charge is 2.36. The van der Waals surface area contributed by atoms with Gasteiger partial charge in [0.25, 0.3) is 0 Å². The van der Waals surface area contributed by atoms with Gasteiger partial charge >= 0.3 is 6.03 Å². The number of carbonyl (C=O) groups is 1. The van der Waals surface area contributed by atoms with E-state index < -0.39 is 0 Å². The zero-order chi connectivity index (χ0) is 12.1. The number of amides is 2. The van der Waals surface area contributed by atoms with Crippen LogP contribution in [0.2, 0.25) is 0 Å². The van der Waals surface area contributed by atoms with Crippen molar-refractivity contribution in [3.8, 4) is 0 Å². The Morgan fingerprint density at radius 1 is 1.24 bits per heavy atom. The van der Waals surface area contributed by atoms with Gasteiger partial charge in [-0.15, -0.1) is 0 Å². The average Bonchev–Trinajstić information content (AvgIpc) is 2.80. The Kier molecular flexibility index (Phi) is 3.67. The molecule has 17 heavy (non-hydrogen) atoms. The molecule has 1 aromatic rings. The van der Waals surface area contributed by atoms with Crippen LogP contribution < -0.4 is 10.6 Å². The lowest BCUT2D eigenvalue weighted by Gasteiger charge is -2.31. The van der Waals surface area contributed by atoms with Crippen molar-refractivity contribution in [2.45, 2.75) is 38.1 Å². The van der Waals surface area contributed by atoms with Gasteiger partial charge in [-0.1, -0.05) is 43.2 Å². The summed E-state index contributed by atoms with van der Waals surface area (Å²) >= 11 is 0. The molecule has 1 aliphatic carbocycles. The van der Waals surface area contributed by atoms with Crippen LogP contribution >= 0.6 is 0 Å². The molecule has 0 spiro atoms. The van der Waals surface area contributed by atoms with E-state index in [2.05, 4.69) is 22.8 Å². The van der Waals surface area contributed by atoms with Gasteiger partial charge in [0.15, 0.2) is 0 Å². The average molecular weight is 232 g/mol. The molecule has 2 amide bonds. The second kappa shape index (κ2) is 5.21. The molecule has 0 bridgehead atoms. The number of nitrogens with one attached hydrogen (secondary N) is 2. The van der Waals surface area contributed by atoms with Crippen molar-refractivity contribution in [1.29, 1.82) is 0 Å². The lowest BCUT2D eigenvalue weighted by Crippen LogP contribution is -2.48. The highest BCUT2D eigenvalue weighted by Crippen LogP contribution is 2.38. The fourth-order valence-electron chi connectivity index (χ4n) is 2.64. The SMILES string of the molecule is CCNC(=O)NC1(c2ccccc2)CCCC1. The molecule has 3 heteroatoms. The van der Waals surface area contributed by atoms with Crippen LogP contribution in [-0.2, 0) is 5.54 Å². The Labute approximate surface area is 103 Å². The molecule has 0 radical (unpaired) electrons. The number of rotatable bonds is 3. The Bertz CT molecular complexity index is 369. The van der Waals surface area contributed by atoms with Gasteiger partial charge in [-0.2, -0.15) is 0 Å². The maximum absolute atomic E-state index is 11.8. The molecule has 3 nitrogen and oxygen atoms in total. The van der Waals surface area contributed by atoms with Crippen LogP contribution in [0.5, 0.6) is 0 Å². The smallest absolute Gasteiger partial charge is 0.315 e. The van der Waals surface area contributed by atoms with Gasteiger partial charge in [0.05, 0.1) is 5.54 Å². The van der Waals surface area contributed by atoms with E-state index in [1.165, 1.54) is 18.4 Å². The lowest BCUT2D eigenvalue weighted by molar-refractivity contribution is 0.225. The highest BCUT2D eigenvalue weighted by molar-refractivity contribution is 5.75. The molecule has 1 aromatic carbocycles. The molecule has 2 N–H and O–H groups in total. The number of benzene rings is 1. The fourth-order valence-corrected chi connectivity index (χ4v) is 2.64. The second-order valence-corrected chi connectivity index (χ2v) is 4.64. The zero-order valence-corrected chi connectivity index (χ0v) is 10.3. The van der Waals surface area contributed by atoms with Crippen LogP contribution in [0.25, 0.3) is 0 Å². The van der Waals surface area contributed by atoms with Gasteiger partial charge in [-0.05, 0) is 25.3 Å². The number of carbonyl (C=O) groups excluding carboxylic acids is 1. The molecule has 1 saturated carbocycles. The maximum atomic E-state index is 11.8. The summed E-state index contributed by atoms with van der Waals surface area (Å²) in [6.45, 7) is 2.60. The Hall–Kier alpha value is -1.51. The van der Waals surface area contributed by atoms with Crippen molar-refractivity contribution in [2.24, 2.45) is 0 Å². The third kappa shape index (κ3) is 2.60. The summed E-state index contributed by atoms with van der Waals surface area (Å²) in [7, 11) is 0. The molecule has 92 valence electrons. The van der Waals surface area contributed by atoms with Crippen molar-refractivity contribution in [2.75, 3.05) is 6.54 Å². The summed E-state index contributed by atoms with van der Waals surface area (Å²) < 4.78 is 0. The molecule has 0 unspecified atom stereocenters. The maximum Gasteiger partial charge on any atom is 0.315 e. The molecule has 0 aliphatic heterocycles. The molecule has 0 heterocycles. The summed E-state index contributed by atoms with van der Waals surface area (Å²) in [6.07, 6.45) is 4.44. The third-order valence-electron chi connectivity index (χ3n) is 3.47. The monoisotopic (exact) mass is 232 g/mol. The summed E-state index contributed by atoms with van der Waals surface area (Å²) in [5, 5.41) is 5.98. The van der Waals surface area contributed by atoms with E-state index in [1.807, 2.05) is 25.1 Å². The van der Waals surface area contributed by atoms with Crippen molar-refractivity contribution >= 4 is 6.03 Å². The predicted octanol–water partition coefficient (Wildman–Crippen LogP) is 2.78. The summed E-state index contributed by atoms with van der Waals surface area (Å²) in [6, 6.07) is 10.2. The first-order chi connectivity index (χ1) is 8.27. The summed E-state index contributed by atoms with van der Waals surface area (Å²) in [5.41, 5.74) is 1.07. The van der Waals surface area contributed by atoms with Gasteiger partial charge in [0.1, 0.15) is 0 Å². The first-order valence-electron chi connectivity index (χ1n) is 6.38. The van der Waals surface area contributed by atoms with Crippen LogP contribution in [0.1, 0.15) is 38.2 Å². The minimum atomic E-state index is -0.152.